The lowest BCUT2D eigenvalue weighted by molar-refractivity contribution is 0.610. The Kier molecular flexibility index (Phi) is 5.42. The van der Waals surface area contributed by atoms with Gasteiger partial charge in [-0.05, 0) is 37.8 Å². The van der Waals surface area contributed by atoms with Crippen LogP contribution in [0.3, 0.4) is 0 Å². The van der Waals surface area contributed by atoms with Crippen LogP contribution in [0.15, 0.2) is 18.3 Å². The predicted molar refractivity (Wildman–Crippen MR) is 74.3 cm³/mol. The first-order valence-electron chi connectivity index (χ1n) is 6.49. The fourth-order valence-corrected chi connectivity index (χ4v) is 2.03. The molecule has 0 aliphatic heterocycles. The number of hydrogen-bond donors (Lipinski definition) is 1. The second kappa shape index (κ2) is 6.60. The molecule has 3 heteroatoms. The molecule has 1 unspecified atom stereocenters. The third-order valence-corrected chi connectivity index (χ3v) is 2.68. The summed E-state index contributed by atoms with van der Waals surface area (Å²) in [4.78, 5) is 6.86. The van der Waals surface area contributed by atoms with Gasteiger partial charge in [0.05, 0.1) is 0 Å². The molecule has 1 aromatic rings. The number of rotatable bonds is 6. The van der Waals surface area contributed by atoms with Crippen LogP contribution < -0.4 is 10.6 Å². The summed E-state index contributed by atoms with van der Waals surface area (Å²) in [7, 11) is 0. The Labute approximate surface area is 105 Å². The summed E-state index contributed by atoms with van der Waals surface area (Å²) in [6.07, 6.45) is 2.75. The largest absolute Gasteiger partial charge is 0.356 e. The lowest BCUT2D eigenvalue weighted by Crippen LogP contribution is -2.30. The zero-order chi connectivity index (χ0) is 12.8. The smallest absolute Gasteiger partial charge is 0.131 e. The molecule has 1 atom stereocenters. The number of aromatic nitrogens is 1. The van der Waals surface area contributed by atoms with E-state index in [0.29, 0.717) is 5.92 Å². The van der Waals surface area contributed by atoms with Crippen LogP contribution in [0.5, 0.6) is 0 Å². The Hall–Kier alpha value is -1.09. The molecule has 96 valence electrons. The maximum Gasteiger partial charge on any atom is 0.131 e. The van der Waals surface area contributed by atoms with Crippen molar-refractivity contribution < 1.29 is 0 Å². The van der Waals surface area contributed by atoms with Crippen molar-refractivity contribution >= 4 is 5.82 Å². The van der Waals surface area contributed by atoms with Crippen LogP contribution in [-0.4, -0.2) is 24.1 Å². The van der Waals surface area contributed by atoms with Gasteiger partial charge in [-0.15, -0.1) is 0 Å². The molecule has 0 aliphatic carbocycles. The zero-order valence-electron chi connectivity index (χ0n) is 11.5. The van der Waals surface area contributed by atoms with Crippen molar-refractivity contribution in [3.63, 3.8) is 0 Å². The summed E-state index contributed by atoms with van der Waals surface area (Å²) in [5.74, 6) is 1.74. The van der Waals surface area contributed by atoms with E-state index in [9.17, 15) is 0 Å². The van der Waals surface area contributed by atoms with E-state index in [2.05, 4.69) is 36.7 Å². The molecule has 17 heavy (non-hydrogen) atoms. The number of nitrogens with zero attached hydrogens (tertiary/aromatic N) is 2. The Morgan fingerprint density at radius 3 is 2.59 bits per heavy atom. The lowest BCUT2D eigenvalue weighted by Gasteiger charge is -2.26. The van der Waals surface area contributed by atoms with Gasteiger partial charge in [-0.2, -0.15) is 0 Å². The summed E-state index contributed by atoms with van der Waals surface area (Å²) < 4.78 is 0. The minimum absolute atomic E-state index is 0.177. The third kappa shape index (κ3) is 4.35. The van der Waals surface area contributed by atoms with Crippen LogP contribution in [0.25, 0.3) is 0 Å². The van der Waals surface area contributed by atoms with E-state index in [-0.39, 0.29) is 6.04 Å². The fraction of sp³-hybridized carbons (Fsp3) is 0.643. The van der Waals surface area contributed by atoms with E-state index in [4.69, 9.17) is 5.73 Å². The van der Waals surface area contributed by atoms with Gasteiger partial charge < -0.3 is 10.6 Å². The first-order chi connectivity index (χ1) is 8.04. The molecule has 2 N–H and O–H groups in total. The Morgan fingerprint density at radius 2 is 2.06 bits per heavy atom. The SMILES string of the molecule is CCN(CC(C)C)c1ncccc1CC(C)N. The fourth-order valence-electron chi connectivity index (χ4n) is 2.03. The minimum atomic E-state index is 0.177. The maximum absolute atomic E-state index is 5.89. The molecule has 0 aromatic carbocycles. The summed E-state index contributed by atoms with van der Waals surface area (Å²) >= 11 is 0. The van der Waals surface area contributed by atoms with Gasteiger partial charge >= 0.3 is 0 Å². The van der Waals surface area contributed by atoms with Crippen molar-refractivity contribution in [3.05, 3.63) is 23.9 Å². The van der Waals surface area contributed by atoms with Gasteiger partial charge in [0, 0.05) is 25.3 Å². The highest BCUT2D eigenvalue weighted by Gasteiger charge is 2.13. The first-order valence-corrected chi connectivity index (χ1v) is 6.49. The molecule has 0 bridgehead atoms. The van der Waals surface area contributed by atoms with Crippen LogP contribution in [0, 0.1) is 5.92 Å². The normalized spacial score (nSPS) is 12.8. The summed E-state index contributed by atoms with van der Waals surface area (Å²) in [5.41, 5.74) is 7.14. The van der Waals surface area contributed by atoms with Crippen molar-refractivity contribution in [1.82, 2.24) is 4.98 Å². The highest BCUT2D eigenvalue weighted by molar-refractivity contribution is 5.47. The van der Waals surface area contributed by atoms with Crippen LogP contribution in [0.2, 0.25) is 0 Å². The minimum Gasteiger partial charge on any atom is -0.356 e. The van der Waals surface area contributed by atoms with Gasteiger partial charge in [0.25, 0.3) is 0 Å². The van der Waals surface area contributed by atoms with Crippen molar-refractivity contribution in [3.8, 4) is 0 Å². The molecule has 0 spiro atoms. The monoisotopic (exact) mass is 235 g/mol. The van der Waals surface area contributed by atoms with Gasteiger partial charge in [-0.3, -0.25) is 0 Å². The number of nitrogens with two attached hydrogens (primary N) is 1. The Morgan fingerprint density at radius 1 is 1.35 bits per heavy atom. The van der Waals surface area contributed by atoms with E-state index in [1.54, 1.807) is 0 Å². The second-order valence-electron chi connectivity index (χ2n) is 5.10. The maximum atomic E-state index is 5.89. The standard InChI is InChI=1S/C14H25N3/c1-5-17(10-11(2)3)14-13(9-12(4)15)7-6-8-16-14/h6-8,11-12H,5,9-10,15H2,1-4H3. The van der Waals surface area contributed by atoms with E-state index in [0.717, 1.165) is 25.3 Å². The van der Waals surface area contributed by atoms with Crippen molar-refractivity contribution in [2.45, 2.75) is 40.2 Å². The van der Waals surface area contributed by atoms with Gasteiger partial charge in [0.1, 0.15) is 5.82 Å². The Bertz CT molecular complexity index is 334. The van der Waals surface area contributed by atoms with Crippen LogP contribution in [0.4, 0.5) is 5.82 Å². The molecule has 0 saturated heterocycles. The van der Waals surface area contributed by atoms with Gasteiger partial charge in [0.15, 0.2) is 0 Å². The second-order valence-corrected chi connectivity index (χ2v) is 5.10. The highest BCUT2D eigenvalue weighted by Crippen LogP contribution is 2.19. The molecular weight excluding hydrogens is 210 g/mol. The van der Waals surface area contributed by atoms with Gasteiger partial charge in [-0.1, -0.05) is 19.9 Å². The quantitative estimate of drug-likeness (QED) is 0.823. The van der Waals surface area contributed by atoms with Crippen LogP contribution in [0.1, 0.15) is 33.3 Å². The molecule has 0 fully saturated rings. The van der Waals surface area contributed by atoms with Gasteiger partial charge in [0.2, 0.25) is 0 Å². The number of hydrogen-bond acceptors (Lipinski definition) is 3. The summed E-state index contributed by atoms with van der Waals surface area (Å²) in [6, 6.07) is 4.30. The molecular formula is C14H25N3. The van der Waals surface area contributed by atoms with Crippen LogP contribution >= 0.6 is 0 Å². The van der Waals surface area contributed by atoms with E-state index >= 15 is 0 Å². The first kappa shape index (κ1) is 14.0. The van der Waals surface area contributed by atoms with E-state index in [1.165, 1.54) is 5.56 Å². The third-order valence-electron chi connectivity index (χ3n) is 2.68. The van der Waals surface area contributed by atoms with Crippen molar-refractivity contribution in [2.75, 3.05) is 18.0 Å². The van der Waals surface area contributed by atoms with E-state index < -0.39 is 0 Å². The van der Waals surface area contributed by atoms with Crippen molar-refractivity contribution in [2.24, 2.45) is 11.7 Å². The molecule has 0 amide bonds. The number of anilines is 1. The molecule has 3 nitrogen and oxygen atoms in total. The Balaban J connectivity index is 2.93. The molecule has 1 aromatic heterocycles. The predicted octanol–water partition coefficient (Wildman–Crippen LogP) is 2.45. The average molecular weight is 235 g/mol. The molecule has 0 radical (unpaired) electrons. The molecule has 0 aliphatic rings. The zero-order valence-corrected chi connectivity index (χ0v) is 11.5. The highest BCUT2D eigenvalue weighted by atomic mass is 15.2. The molecule has 1 heterocycles. The number of pyridine rings is 1. The topological polar surface area (TPSA) is 42.2 Å². The van der Waals surface area contributed by atoms with Gasteiger partial charge in [-0.25, -0.2) is 4.98 Å². The lowest BCUT2D eigenvalue weighted by atomic mass is 10.1. The average Bonchev–Trinajstić information content (AvgIpc) is 2.26. The summed E-state index contributed by atoms with van der Waals surface area (Å²) in [6.45, 7) is 10.7. The van der Waals surface area contributed by atoms with E-state index in [1.807, 2.05) is 19.2 Å². The van der Waals surface area contributed by atoms with Crippen LogP contribution in [-0.2, 0) is 6.42 Å². The molecule has 0 saturated carbocycles. The molecule has 1 rings (SSSR count). The summed E-state index contributed by atoms with van der Waals surface area (Å²) in [5, 5.41) is 0. The van der Waals surface area contributed by atoms with Crippen molar-refractivity contribution in [1.29, 1.82) is 0 Å².